The van der Waals surface area contributed by atoms with Crippen LogP contribution in [0.15, 0.2) is 29.4 Å². The Labute approximate surface area is 83.6 Å². The number of nitrogens with zero attached hydrogens (tertiary/aromatic N) is 1. The van der Waals surface area contributed by atoms with E-state index in [-0.39, 0.29) is 6.10 Å². The van der Waals surface area contributed by atoms with Crippen molar-refractivity contribution in [2.75, 3.05) is 6.54 Å². The molecule has 0 bridgehead atoms. The van der Waals surface area contributed by atoms with Gasteiger partial charge >= 0.3 is 0 Å². The van der Waals surface area contributed by atoms with E-state index in [1.165, 1.54) is 11.1 Å². The van der Waals surface area contributed by atoms with Crippen LogP contribution in [0, 0.1) is 6.92 Å². The molecule has 1 aromatic carbocycles. The molecule has 0 spiro atoms. The minimum absolute atomic E-state index is 0.0634. The van der Waals surface area contributed by atoms with Crippen molar-refractivity contribution in [1.29, 1.82) is 0 Å². The van der Waals surface area contributed by atoms with Gasteiger partial charge in [-0.1, -0.05) is 35.0 Å². The Kier molecular flexibility index (Phi) is 2.50. The third-order valence-corrected chi connectivity index (χ3v) is 2.38. The normalized spacial score (nSPS) is 20.4. The lowest BCUT2D eigenvalue weighted by Crippen LogP contribution is -2.12. The van der Waals surface area contributed by atoms with Crippen molar-refractivity contribution >= 4 is 5.71 Å². The summed E-state index contributed by atoms with van der Waals surface area (Å²) in [6.45, 7) is 2.56. The first-order chi connectivity index (χ1) is 6.79. The van der Waals surface area contributed by atoms with E-state index in [9.17, 15) is 0 Å². The van der Waals surface area contributed by atoms with Gasteiger partial charge in [0.2, 0.25) is 0 Å². The van der Waals surface area contributed by atoms with Crippen molar-refractivity contribution in [2.45, 2.75) is 19.4 Å². The molecule has 0 saturated carbocycles. The lowest BCUT2D eigenvalue weighted by molar-refractivity contribution is 0.0857. The van der Waals surface area contributed by atoms with Crippen LogP contribution in [0.25, 0.3) is 0 Å². The molecule has 0 saturated heterocycles. The molecule has 2 rings (SSSR count). The Morgan fingerprint density at radius 3 is 3.07 bits per heavy atom. The highest BCUT2D eigenvalue weighted by molar-refractivity contribution is 5.87. The van der Waals surface area contributed by atoms with Crippen molar-refractivity contribution < 1.29 is 4.84 Å². The van der Waals surface area contributed by atoms with Crippen LogP contribution in [0.3, 0.4) is 0 Å². The summed E-state index contributed by atoms with van der Waals surface area (Å²) in [4.78, 5) is 5.31. The van der Waals surface area contributed by atoms with Crippen molar-refractivity contribution in [2.24, 2.45) is 10.9 Å². The fraction of sp³-hybridized carbons (Fsp3) is 0.364. The molecule has 3 heteroatoms. The van der Waals surface area contributed by atoms with Crippen LogP contribution in [-0.2, 0) is 4.84 Å². The lowest BCUT2D eigenvalue weighted by atomic mass is 10.0. The van der Waals surface area contributed by atoms with Crippen LogP contribution in [0.5, 0.6) is 0 Å². The average Bonchev–Trinajstić information content (AvgIpc) is 2.66. The summed E-state index contributed by atoms with van der Waals surface area (Å²) in [6.07, 6.45) is 0.883. The molecule has 0 radical (unpaired) electrons. The van der Waals surface area contributed by atoms with Crippen molar-refractivity contribution in [3.63, 3.8) is 0 Å². The van der Waals surface area contributed by atoms with Gasteiger partial charge in [-0.3, -0.25) is 0 Å². The fourth-order valence-electron chi connectivity index (χ4n) is 1.60. The summed E-state index contributed by atoms with van der Waals surface area (Å²) in [5.74, 6) is 0. The van der Waals surface area contributed by atoms with Crippen molar-refractivity contribution in [3.8, 4) is 0 Å². The van der Waals surface area contributed by atoms with Crippen LogP contribution in [-0.4, -0.2) is 12.3 Å². The van der Waals surface area contributed by atoms with Gasteiger partial charge in [-0.2, -0.15) is 0 Å². The maximum Gasteiger partial charge on any atom is 0.157 e. The third kappa shape index (κ3) is 1.77. The highest BCUT2D eigenvalue weighted by atomic mass is 16.6. The fourth-order valence-corrected chi connectivity index (χ4v) is 1.60. The summed E-state index contributed by atoms with van der Waals surface area (Å²) in [6, 6.07) is 8.30. The van der Waals surface area contributed by atoms with Gasteiger partial charge < -0.3 is 10.6 Å². The molecule has 1 aromatic rings. The predicted molar refractivity (Wildman–Crippen MR) is 56.1 cm³/mol. The van der Waals surface area contributed by atoms with Crippen LogP contribution in [0.1, 0.15) is 23.7 Å². The number of nitrogens with two attached hydrogens (primary N) is 1. The lowest BCUT2D eigenvalue weighted by Gasteiger charge is -2.08. The molecule has 0 fully saturated rings. The van der Waals surface area contributed by atoms with Gasteiger partial charge in [-0.05, 0) is 12.5 Å². The molecular weight excluding hydrogens is 176 g/mol. The smallest absolute Gasteiger partial charge is 0.157 e. The molecule has 2 N–H and O–H groups in total. The van der Waals surface area contributed by atoms with Gasteiger partial charge in [0.05, 0.1) is 5.71 Å². The Bertz CT molecular complexity index is 360. The molecule has 0 aromatic heterocycles. The first-order valence-corrected chi connectivity index (χ1v) is 4.78. The maximum absolute atomic E-state index is 5.49. The molecule has 1 unspecified atom stereocenters. The van der Waals surface area contributed by atoms with E-state index >= 15 is 0 Å². The maximum atomic E-state index is 5.49. The van der Waals surface area contributed by atoms with Gasteiger partial charge in [0.25, 0.3) is 0 Å². The number of hydrogen-bond donors (Lipinski definition) is 1. The third-order valence-electron chi connectivity index (χ3n) is 2.38. The molecule has 1 heterocycles. The van der Waals surface area contributed by atoms with Gasteiger partial charge in [-0.15, -0.1) is 0 Å². The number of oxime groups is 1. The zero-order valence-electron chi connectivity index (χ0n) is 8.23. The van der Waals surface area contributed by atoms with Gasteiger partial charge in [-0.25, -0.2) is 0 Å². The highest BCUT2D eigenvalue weighted by Crippen LogP contribution is 2.27. The molecule has 0 amide bonds. The topological polar surface area (TPSA) is 47.6 Å². The Morgan fingerprint density at radius 2 is 2.43 bits per heavy atom. The van der Waals surface area contributed by atoms with E-state index in [1.54, 1.807) is 0 Å². The minimum Gasteiger partial charge on any atom is -0.387 e. The quantitative estimate of drug-likeness (QED) is 0.772. The second kappa shape index (κ2) is 3.80. The molecule has 1 aliphatic heterocycles. The van der Waals surface area contributed by atoms with Crippen LogP contribution >= 0.6 is 0 Å². The first-order valence-electron chi connectivity index (χ1n) is 4.78. The van der Waals surface area contributed by atoms with E-state index in [2.05, 4.69) is 30.3 Å². The van der Waals surface area contributed by atoms with E-state index in [0.29, 0.717) is 6.54 Å². The second-order valence-corrected chi connectivity index (χ2v) is 3.57. The summed E-state index contributed by atoms with van der Waals surface area (Å²) in [5.41, 5.74) is 8.86. The zero-order chi connectivity index (χ0) is 9.97. The summed E-state index contributed by atoms with van der Waals surface area (Å²) < 4.78 is 0. The summed E-state index contributed by atoms with van der Waals surface area (Å²) >= 11 is 0. The Balaban J connectivity index is 2.12. The minimum atomic E-state index is 0.0634. The molecule has 14 heavy (non-hydrogen) atoms. The monoisotopic (exact) mass is 190 g/mol. The van der Waals surface area contributed by atoms with E-state index < -0.39 is 0 Å². The van der Waals surface area contributed by atoms with Gasteiger partial charge in [0, 0.05) is 13.0 Å². The van der Waals surface area contributed by atoms with Crippen LogP contribution < -0.4 is 5.73 Å². The molecule has 74 valence electrons. The van der Waals surface area contributed by atoms with Crippen LogP contribution in [0.2, 0.25) is 0 Å². The molecule has 0 aliphatic carbocycles. The number of aryl methyl sites for hydroxylation is 1. The zero-order valence-corrected chi connectivity index (χ0v) is 8.23. The standard InChI is InChI=1S/C11H14N2O/c1-8-3-2-4-9(5-8)11-6-10(7-12)13-14-11/h2-5,11H,6-7,12H2,1H3. The molecule has 3 nitrogen and oxygen atoms in total. The number of rotatable bonds is 2. The van der Waals surface area contributed by atoms with Gasteiger partial charge in [0.1, 0.15) is 0 Å². The van der Waals surface area contributed by atoms with Crippen molar-refractivity contribution in [3.05, 3.63) is 35.4 Å². The highest BCUT2D eigenvalue weighted by Gasteiger charge is 2.21. The summed E-state index contributed by atoms with van der Waals surface area (Å²) in [7, 11) is 0. The Morgan fingerprint density at radius 1 is 1.57 bits per heavy atom. The number of hydrogen-bond acceptors (Lipinski definition) is 3. The van der Waals surface area contributed by atoms with Crippen LogP contribution in [0.4, 0.5) is 0 Å². The van der Waals surface area contributed by atoms with E-state index in [0.717, 1.165) is 12.1 Å². The molecule has 1 aliphatic rings. The Hall–Kier alpha value is -1.35. The van der Waals surface area contributed by atoms with Gasteiger partial charge in [0.15, 0.2) is 6.10 Å². The molecular formula is C11H14N2O. The largest absolute Gasteiger partial charge is 0.387 e. The first kappa shape index (κ1) is 9.21. The predicted octanol–water partition coefficient (Wildman–Crippen LogP) is 1.77. The average molecular weight is 190 g/mol. The molecule has 1 atom stereocenters. The summed E-state index contributed by atoms with van der Waals surface area (Å²) in [5, 5.41) is 3.93. The second-order valence-electron chi connectivity index (χ2n) is 3.57. The van der Waals surface area contributed by atoms with E-state index in [4.69, 9.17) is 10.6 Å². The van der Waals surface area contributed by atoms with E-state index in [1.807, 2.05) is 6.07 Å². The van der Waals surface area contributed by atoms with Crippen molar-refractivity contribution in [1.82, 2.24) is 0 Å². The number of benzene rings is 1. The SMILES string of the molecule is Cc1cccc(C2CC(CN)=NO2)c1.